The average molecular weight is 615 g/mol. The standard InChI is InChI=1S/2C6H5.CH2O3.2Hg/c2*1-2-4-6-5-3-1;2-1(3)4;;/h2*1-5H;(H2,2,3,4);;/q;;;2*+1/p-2. The van der Waals surface area contributed by atoms with Gasteiger partial charge in [-0.05, 0) is 6.16 Å². The minimum atomic E-state index is -2.33. The summed E-state index contributed by atoms with van der Waals surface area (Å²) in [6, 6.07) is 21.1. The second-order valence-corrected chi connectivity index (χ2v) is 9.57. The van der Waals surface area contributed by atoms with E-state index in [4.69, 9.17) is 15.0 Å². The van der Waals surface area contributed by atoms with Crippen molar-refractivity contribution in [3.63, 3.8) is 0 Å². The SMILES string of the molecule is O=C([O-])[O-].[Hg+][c]1ccccc1.[Hg+][c]1ccccc1. The number of carbonyl (C=O) groups is 1. The van der Waals surface area contributed by atoms with Crippen LogP contribution in [-0.2, 0) is 52.2 Å². The van der Waals surface area contributed by atoms with E-state index in [1.54, 1.807) is 0 Å². The van der Waals surface area contributed by atoms with Crippen molar-refractivity contribution in [1.29, 1.82) is 0 Å². The Kier molecular flexibility index (Phi) is 11.4. The van der Waals surface area contributed by atoms with Crippen LogP contribution in [0.25, 0.3) is 0 Å². The van der Waals surface area contributed by atoms with E-state index in [-0.39, 0.29) is 0 Å². The summed E-state index contributed by atoms with van der Waals surface area (Å²) in [6.07, 6.45) is -2.33. The zero-order valence-corrected chi connectivity index (χ0v) is 20.9. The zero-order chi connectivity index (χ0) is 13.8. The molecule has 0 radical (unpaired) electrons. The van der Waals surface area contributed by atoms with Gasteiger partial charge < -0.3 is 15.0 Å². The first kappa shape index (κ1) is 17.6. The molecule has 0 amide bonds. The topological polar surface area (TPSA) is 63.2 Å². The molecule has 0 saturated carbocycles. The van der Waals surface area contributed by atoms with Gasteiger partial charge in [0.15, 0.2) is 0 Å². The number of carbonyl (C=O) groups excluding carboxylic acids is 1. The van der Waals surface area contributed by atoms with Crippen molar-refractivity contribution >= 4 is 12.3 Å². The summed E-state index contributed by atoms with van der Waals surface area (Å²) in [5.74, 6) is 0. The summed E-state index contributed by atoms with van der Waals surface area (Å²) < 4.78 is 3.03. The van der Waals surface area contributed by atoms with Crippen LogP contribution < -0.4 is 16.4 Å². The predicted molar refractivity (Wildman–Crippen MR) is 57.5 cm³/mol. The number of carboxylic acid groups (broad SMARTS) is 2. The van der Waals surface area contributed by atoms with Crippen LogP contribution in [0.4, 0.5) is 4.79 Å². The Hall–Kier alpha value is -0.420. The molecule has 0 unspecified atom stereocenters. The van der Waals surface area contributed by atoms with Gasteiger partial charge in [0, 0.05) is 0 Å². The Morgan fingerprint density at radius 2 is 0.944 bits per heavy atom. The van der Waals surface area contributed by atoms with Gasteiger partial charge in [0.25, 0.3) is 0 Å². The molecule has 84 valence electrons. The zero-order valence-electron chi connectivity index (χ0n) is 9.91. The van der Waals surface area contributed by atoms with Crippen molar-refractivity contribution in [3.05, 3.63) is 60.7 Å². The van der Waals surface area contributed by atoms with Gasteiger partial charge in [0.2, 0.25) is 0 Å². The van der Waals surface area contributed by atoms with Crippen molar-refractivity contribution in [2.75, 3.05) is 0 Å². The molecule has 5 heteroatoms. The van der Waals surface area contributed by atoms with E-state index in [0.717, 1.165) is 52.2 Å². The summed E-state index contributed by atoms with van der Waals surface area (Å²) in [7, 11) is 0. The van der Waals surface area contributed by atoms with Crippen LogP contribution in [-0.4, -0.2) is 6.16 Å². The van der Waals surface area contributed by atoms with Crippen molar-refractivity contribution in [1.82, 2.24) is 0 Å². The molecule has 0 heterocycles. The number of benzene rings is 2. The van der Waals surface area contributed by atoms with Crippen molar-refractivity contribution in [2.45, 2.75) is 0 Å². The first-order valence-electron chi connectivity index (χ1n) is 5.14. The van der Waals surface area contributed by atoms with Gasteiger partial charge >= 0.3 is 119 Å². The van der Waals surface area contributed by atoms with Crippen molar-refractivity contribution in [3.8, 4) is 0 Å². The molecule has 0 bridgehead atoms. The molecule has 0 N–H and O–H groups in total. The third-order valence-electron chi connectivity index (χ3n) is 1.69. The van der Waals surface area contributed by atoms with Gasteiger partial charge in [0.1, 0.15) is 0 Å². The Balaban J connectivity index is 0.000000253. The van der Waals surface area contributed by atoms with E-state index < -0.39 is 6.16 Å². The van der Waals surface area contributed by atoms with Gasteiger partial charge in [-0.3, -0.25) is 0 Å². The molecule has 0 aliphatic rings. The monoisotopic (exact) mass is 618 g/mol. The number of rotatable bonds is 0. The molecule has 0 aliphatic heterocycles. The molecule has 2 aromatic carbocycles. The van der Waals surface area contributed by atoms with Gasteiger partial charge in [0.05, 0.1) is 0 Å². The Morgan fingerprint density at radius 1 is 0.722 bits per heavy atom. The van der Waals surface area contributed by atoms with Crippen LogP contribution >= 0.6 is 0 Å². The first-order chi connectivity index (χ1) is 8.52. The van der Waals surface area contributed by atoms with Gasteiger partial charge in [-0.2, -0.15) is 0 Å². The Bertz CT molecular complexity index is 391. The summed E-state index contributed by atoms with van der Waals surface area (Å²) in [5, 5.41) is 16.7. The summed E-state index contributed by atoms with van der Waals surface area (Å²) >= 11 is 1.62. The van der Waals surface area contributed by atoms with Crippen LogP contribution in [0.5, 0.6) is 0 Å². The van der Waals surface area contributed by atoms with E-state index >= 15 is 0 Å². The Labute approximate surface area is 139 Å². The molecule has 18 heavy (non-hydrogen) atoms. The van der Waals surface area contributed by atoms with E-state index in [1.165, 1.54) is 6.14 Å². The molecular formula is C13H10Hg2O3. The normalized spacial score (nSPS) is 8.22. The fourth-order valence-corrected chi connectivity index (χ4v) is 3.07. The molecule has 0 aromatic heterocycles. The van der Waals surface area contributed by atoms with Crippen LogP contribution in [0.1, 0.15) is 0 Å². The molecule has 0 spiro atoms. The van der Waals surface area contributed by atoms with Crippen LogP contribution in [0.2, 0.25) is 0 Å². The summed E-state index contributed by atoms with van der Waals surface area (Å²) in [6.45, 7) is 0. The van der Waals surface area contributed by atoms with Crippen molar-refractivity contribution < 1.29 is 67.3 Å². The molecule has 3 nitrogen and oxygen atoms in total. The molecule has 2 rings (SSSR count). The number of hydrogen-bond donors (Lipinski definition) is 0. The Morgan fingerprint density at radius 3 is 1.06 bits per heavy atom. The van der Waals surface area contributed by atoms with Crippen LogP contribution in [0.3, 0.4) is 0 Å². The second kappa shape index (κ2) is 11.7. The third kappa shape index (κ3) is 13.6. The van der Waals surface area contributed by atoms with E-state index in [2.05, 4.69) is 60.7 Å². The van der Waals surface area contributed by atoms with Crippen LogP contribution in [0.15, 0.2) is 60.7 Å². The molecule has 0 atom stereocenters. The van der Waals surface area contributed by atoms with Gasteiger partial charge in [-0.15, -0.1) is 0 Å². The van der Waals surface area contributed by atoms with E-state index in [9.17, 15) is 0 Å². The fraction of sp³-hybridized carbons (Fsp3) is 0. The van der Waals surface area contributed by atoms with Gasteiger partial charge in [-0.25, -0.2) is 0 Å². The third-order valence-corrected chi connectivity index (χ3v) is 5.35. The average Bonchev–Trinajstić information content (AvgIpc) is 2.31. The predicted octanol–water partition coefficient (Wildman–Crippen LogP) is -0.730. The van der Waals surface area contributed by atoms with Crippen LogP contribution in [0, 0.1) is 0 Å². The molecule has 0 fully saturated rings. The maximum absolute atomic E-state index is 8.33. The fourth-order valence-electron chi connectivity index (χ4n) is 0.956. The molecule has 2 aromatic rings. The second-order valence-electron chi connectivity index (χ2n) is 3.22. The summed E-state index contributed by atoms with van der Waals surface area (Å²) in [4.78, 5) is 8.33. The van der Waals surface area contributed by atoms with E-state index in [0.29, 0.717) is 0 Å². The molecule has 0 aliphatic carbocycles. The van der Waals surface area contributed by atoms with Gasteiger partial charge in [-0.1, -0.05) is 0 Å². The molecule has 0 saturated heterocycles. The first-order valence-corrected chi connectivity index (χ1v) is 10.6. The maximum atomic E-state index is 8.33. The summed E-state index contributed by atoms with van der Waals surface area (Å²) in [5.41, 5.74) is 0. The molecular weight excluding hydrogens is 605 g/mol. The van der Waals surface area contributed by atoms with E-state index in [1.807, 2.05) is 0 Å². The van der Waals surface area contributed by atoms with Crippen molar-refractivity contribution in [2.24, 2.45) is 0 Å². The minimum absolute atomic E-state index is 0.810. The number of hydrogen-bond acceptors (Lipinski definition) is 3. The quantitative estimate of drug-likeness (QED) is 0.368.